The second-order valence-corrected chi connectivity index (χ2v) is 9.88. The van der Waals surface area contributed by atoms with E-state index in [-0.39, 0.29) is 5.16 Å². The highest BCUT2D eigenvalue weighted by Gasteiger charge is 2.39. The number of aromatic amines is 1. The molecule has 28 heavy (non-hydrogen) atoms. The molecule has 3 aromatic rings. The first-order chi connectivity index (χ1) is 13.3. The molecule has 0 spiro atoms. The summed E-state index contributed by atoms with van der Waals surface area (Å²) in [5.41, 5.74) is 2.81. The van der Waals surface area contributed by atoms with Gasteiger partial charge in [-0.15, -0.1) is 0 Å². The summed E-state index contributed by atoms with van der Waals surface area (Å²) >= 11 is 6.10. The van der Waals surface area contributed by atoms with Crippen molar-refractivity contribution in [2.75, 3.05) is 14.2 Å². The Balaban J connectivity index is 2.06. The van der Waals surface area contributed by atoms with Gasteiger partial charge in [0.05, 0.1) is 25.6 Å². The van der Waals surface area contributed by atoms with E-state index in [2.05, 4.69) is 41.8 Å². The lowest BCUT2D eigenvalue weighted by Crippen LogP contribution is -2.18. The molecular weight excluding hydrogens is 518 g/mol. The molecule has 4 nitrogen and oxygen atoms in total. The number of benzene rings is 2. The third-order valence-corrected chi connectivity index (χ3v) is 6.56. The molecule has 1 heterocycles. The number of H-pyrrole nitrogens is 1. The van der Waals surface area contributed by atoms with E-state index in [9.17, 15) is 8.78 Å². The molecule has 0 fully saturated rings. The minimum atomic E-state index is -3.09. The molecule has 0 bridgehead atoms. The molecule has 0 amide bonds. The highest BCUT2D eigenvalue weighted by atomic mass is 79.9. The van der Waals surface area contributed by atoms with Gasteiger partial charge in [0, 0.05) is 11.1 Å². The molecule has 0 aliphatic rings. The Morgan fingerprint density at radius 3 is 1.89 bits per heavy atom. The molecule has 0 aliphatic carbocycles. The topological polar surface area (TPSA) is 47.1 Å². The predicted octanol–water partition coefficient (Wildman–Crippen LogP) is 6.56. The number of alkyl halides is 4. The van der Waals surface area contributed by atoms with Crippen molar-refractivity contribution in [3.8, 4) is 34.0 Å². The molecule has 1 N–H and O–H groups in total. The third-order valence-electron chi connectivity index (χ3n) is 3.91. The number of imidazole rings is 1. The summed E-state index contributed by atoms with van der Waals surface area (Å²) in [6.07, 6.45) is 0. The molecule has 0 radical (unpaired) electrons. The summed E-state index contributed by atoms with van der Waals surface area (Å²) in [7, 11) is 3.17. The molecule has 9 heteroatoms. The van der Waals surface area contributed by atoms with Crippen molar-refractivity contribution in [1.82, 2.24) is 9.97 Å². The number of nitrogens with zero attached hydrogens (tertiary/aromatic N) is 1. The van der Waals surface area contributed by atoms with Crippen LogP contribution in [-0.4, -0.2) is 33.2 Å². The van der Waals surface area contributed by atoms with Gasteiger partial charge in [0.1, 0.15) is 15.2 Å². The van der Waals surface area contributed by atoms with Gasteiger partial charge < -0.3 is 14.5 Å². The van der Waals surface area contributed by atoms with E-state index in [0.29, 0.717) is 34.6 Å². The van der Waals surface area contributed by atoms with Crippen molar-refractivity contribution >= 4 is 43.6 Å². The van der Waals surface area contributed by atoms with Crippen LogP contribution in [0, 0.1) is 0 Å². The molecular formula is C19H16Br2F2N2O2S. The fourth-order valence-corrected chi connectivity index (χ4v) is 3.70. The lowest BCUT2D eigenvalue weighted by atomic mass is 10.0. The van der Waals surface area contributed by atoms with Crippen LogP contribution < -0.4 is 9.47 Å². The van der Waals surface area contributed by atoms with Crippen molar-refractivity contribution in [1.29, 1.82) is 0 Å². The first-order valence-electron chi connectivity index (χ1n) is 8.08. The number of halogens is 4. The Bertz CT molecular complexity index is 867. The Kier molecular flexibility index (Phi) is 6.67. The second kappa shape index (κ2) is 8.84. The zero-order valence-electron chi connectivity index (χ0n) is 14.9. The summed E-state index contributed by atoms with van der Waals surface area (Å²) in [6.45, 7) is 0. The predicted molar refractivity (Wildman–Crippen MR) is 115 cm³/mol. The molecule has 0 saturated heterocycles. The Morgan fingerprint density at radius 1 is 0.929 bits per heavy atom. The van der Waals surface area contributed by atoms with Gasteiger partial charge in [-0.2, -0.15) is 8.78 Å². The number of ether oxygens (including phenoxy) is 2. The monoisotopic (exact) mass is 532 g/mol. The smallest absolute Gasteiger partial charge is 0.322 e. The van der Waals surface area contributed by atoms with Crippen molar-refractivity contribution in [3.05, 3.63) is 48.5 Å². The summed E-state index contributed by atoms with van der Waals surface area (Å²) in [5.74, 6) is 1.41. The number of thioether (sulfide) groups is 1. The van der Waals surface area contributed by atoms with Crippen LogP contribution >= 0.6 is 43.6 Å². The third kappa shape index (κ3) is 4.69. The van der Waals surface area contributed by atoms with Crippen LogP contribution in [0.5, 0.6) is 11.5 Å². The molecule has 2 aromatic carbocycles. The molecule has 0 unspecified atom stereocenters. The highest BCUT2D eigenvalue weighted by Crippen LogP contribution is 2.44. The van der Waals surface area contributed by atoms with Gasteiger partial charge in [-0.3, -0.25) is 0 Å². The quantitative estimate of drug-likeness (QED) is 0.276. The zero-order chi connectivity index (χ0) is 20.3. The summed E-state index contributed by atoms with van der Waals surface area (Å²) < 4.78 is 37.5. The van der Waals surface area contributed by atoms with Crippen LogP contribution in [0.4, 0.5) is 8.78 Å². The first kappa shape index (κ1) is 21.1. The molecule has 3 rings (SSSR count). The number of rotatable bonds is 7. The summed E-state index contributed by atoms with van der Waals surface area (Å²) in [5, 5.41) is -2.97. The summed E-state index contributed by atoms with van der Waals surface area (Å²) in [6, 6.07) is 14.6. The van der Waals surface area contributed by atoms with E-state index in [1.54, 1.807) is 26.4 Å². The zero-order valence-corrected chi connectivity index (χ0v) is 18.9. The lowest BCUT2D eigenvalue weighted by molar-refractivity contribution is 0.128. The minimum absolute atomic E-state index is 0.116. The van der Waals surface area contributed by atoms with E-state index in [1.165, 1.54) is 0 Å². The average molecular weight is 534 g/mol. The molecule has 1 aromatic heterocycles. The van der Waals surface area contributed by atoms with E-state index >= 15 is 0 Å². The van der Waals surface area contributed by atoms with Gasteiger partial charge in [0.25, 0.3) is 0 Å². The van der Waals surface area contributed by atoms with Crippen LogP contribution in [0.25, 0.3) is 22.5 Å². The number of aromatic nitrogens is 2. The van der Waals surface area contributed by atoms with Crippen molar-refractivity contribution in [3.63, 3.8) is 0 Å². The van der Waals surface area contributed by atoms with E-state index in [4.69, 9.17) is 9.47 Å². The largest absolute Gasteiger partial charge is 0.497 e. The standard InChI is InChI=1S/C19H16Br2F2N2O2S/c1-26-13-7-3-11(4-8-13)15-16(12-5-9-14(27-2)10-6-12)25-18(24-15)28-19(22,23)17(20)21/h3-10,17H,1-2H3,(H,24,25). The Morgan fingerprint density at radius 2 is 1.43 bits per heavy atom. The van der Waals surface area contributed by atoms with Gasteiger partial charge >= 0.3 is 5.25 Å². The fourth-order valence-electron chi connectivity index (χ4n) is 2.50. The van der Waals surface area contributed by atoms with Gasteiger partial charge in [-0.25, -0.2) is 4.98 Å². The van der Waals surface area contributed by atoms with E-state index in [0.717, 1.165) is 11.1 Å². The summed E-state index contributed by atoms with van der Waals surface area (Å²) in [4.78, 5) is 7.47. The van der Waals surface area contributed by atoms with Gasteiger partial charge in [-0.05, 0) is 60.3 Å². The van der Waals surface area contributed by atoms with Crippen LogP contribution in [0.15, 0.2) is 53.7 Å². The molecule has 0 aliphatic heterocycles. The van der Waals surface area contributed by atoms with Gasteiger partial charge in [0.2, 0.25) is 0 Å². The Hall–Kier alpha value is -1.58. The number of hydrogen-bond donors (Lipinski definition) is 1. The van der Waals surface area contributed by atoms with Crippen LogP contribution in [0.2, 0.25) is 0 Å². The average Bonchev–Trinajstić information content (AvgIpc) is 3.11. The van der Waals surface area contributed by atoms with Gasteiger partial charge in [-0.1, -0.05) is 31.9 Å². The number of methoxy groups -OCH3 is 2. The SMILES string of the molecule is COc1ccc(-c2nc(SC(F)(F)C(Br)Br)[nH]c2-c2ccc(OC)cc2)cc1. The first-order valence-corrected chi connectivity index (χ1v) is 10.7. The second-order valence-electron chi connectivity index (χ2n) is 5.69. The van der Waals surface area contributed by atoms with Crippen LogP contribution in [0.1, 0.15) is 0 Å². The normalized spacial score (nSPS) is 11.7. The molecule has 148 valence electrons. The van der Waals surface area contributed by atoms with Crippen molar-refractivity contribution in [2.45, 2.75) is 14.1 Å². The van der Waals surface area contributed by atoms with Crippen LogP contribution in [-0.2, 0) is 0 Å². The lowest BCUT2D eigenvalue weighted by Gasteiger charge is -2.14. The van der Waals surface area contributed by atoms with E-state index < -0.39 is 8.99 Å². The number of hydrogen-bond acceptors (Lipinski definition) is 4. The maximum Gasteiger partial charge on any atom is 0.322 e. The van der Waals surface area contributed by atoms with Gasteiger partial charge in [0.15, 0.2) is 5.16 Å². The van der Waals surface area contributed by atoms with Crippen molar-refractivity contribution in [2.24, 2.45) is 0 Å². The maximum absolute atomic E-state index is 14.2. The fraction of sp³-hybridized carbons (Fsp3) is 0.211. The van der Waals surface area contributed by atoms with E-state index in [1.807, 2.05) is 36.4 Å². The molecule has 0 atom stereocenters. The highest BCUT2D eigenvalue weighted by molar-refractivity contribution is 9.24. The minimum Gasteiger partial charge on any atom is -0.497 e. The van der Waals surface area contributed by atoms with Crippen molar-refractivity contribution < 1.29 is 18.3 Å². The van der Waals surface area contributed by atoms with Crippen LogP contribution in [0.3, 0.4) is 0 Å². The Labute approximate surface area is 182 Å². The maximum atomic E-state index is 14.2. The molecule has 0 saturated carbocycles. The number of nitrogens with one attached hydrogen (secondary N) is 1.